The Bertz CT molecular complexity index is 503. The maximum Gasteiger partial charge on any atom is 0.273 e. The average molecular weight is 235 g/mol. The maximum absolute atomic E-state index is 11.8. The van der Waals surface area contributed by atoms with Crippen LogP contribution in [0.1, 0.15) is 18.5 Å². The monoisotopic (exact) mass is 235 g/mol. The number of nitrogens with one attached hydrogen (secondary N) is 2. The lowest BCUT2D eigenvalue weighted by molar-refractivity contribution is -0.121. The average Bonchev–Trinajstić information content (AvgIpc) is 2.58. The molecule has 90 valence electrons. The second-order valence-corrected chi connectivity index (χ2v) is 3.84. The van der Waals surface area contributed by atoms with Crippen LogP contribution in [-0.2, 0) is 16.6 Å². The van der Waals surface area contributed by atoms with E-state index in [-0.39, 0.29) is 18.2 Å². The van der Waals surface area contributed by atoms with E-state index in [1.165, 1.54) is 0 Å². The van der Waals surface area contributed by atoms with Gasteiger partial charge >= 0.3 is 0 Å². The highest BCUT2D eigenvalue weighted by Gasteiger charge is 2.19. The van der Waals surface area contributed by atoms with Crippen molar-refractivity contribution < 1.29 is 9.59 Å². The van der Waals surface area contributed by atoms with Gasteiger partial charge in [-0.1, -0.05) is 0 Å². The number of hydrogen-bond acceptors (Lipinski definition) is 4. The molecule has 0 fully saturated rings. The van der Waals surface area contributed by atoms with Crippen LogP contribution < -0.4 is 10.7 Å². The van der Waals surface area contributed by atoms with Crippen molar-refractivity contribution in [2.45, 2.75) is 19.8 Å². The van der Waals surface area contributed by atoms with Gasteiger partial charge in [-0.05, 0) is 6.92 Å². The summed E-state index contributed by atoms with van der Waals surface area (Å²) in [7, 11) is 1.74. The second kappa shape index (κ2) is 4.36. The van der Waals surface area contributed by atoms with Gasteiger partial charge in [-0.3, -0.25) is 14.3 Å². The molecule has 0 unspecified atom stereocenters. The van der Waals surface area contributed by atoms with E-state index in [0.29, 0.717) is 18.0 Å². The van der Waals surface area contributed by atoms with Crippen LogP contribution in [0, 0.1) is 6.92 Å². The van der Waals surface area contributed by atoms with Crippen LogP contribution in [0.4, 0.5) is 5.82 Å². The van der Waals surface area contributed by atoms with E-state index in [4.69, 9.17) is 0 Å². The summed E-state index contributed by atoms with van der Waals surface area (Å²) in [6, 6.07) is 1.76. The molecule has 0 bridgehead atoms. The van der Waals surface area contributed by atoms with Gasteiger partial charge in [0, 0.05) is 26.0 Å². The van der Waals surface area contributed by atoms with Gasteiger partial charge in [-0.2, -0.15) is 10.2 Å². The number of hydrogen-bond donors (Lipinski definition) is 2. The van der Waals surface area contributed by atoms with E-state index in [1.807, 2.05) is 6.92 Å². The van der Waals surface area contributed by atoms with Crippen LogP contribution in [0.3, 0.4) is 0 Å². The Hall–Kier alpha value is -2.18. The molecule has 0 atom stereocenters. The third kappa shape index (κ3) is 2.49. The first-order chi connectivity index (χ1) is 8.06. The van der Waals surface area contributed by atoms with Crippen molar-refractivity contribution in [3.63, 3.8) is 0 Å². The lowest BCUT2D eigenvalue weighted by atomic mass is 10.1. The zero-order chi connectivity index (χ0) is 12.4. The van der Waals surface area contributed by atoms with E-state index < -0.39 is 0 Å². The molecule has 7 heteroatoms. The Morgan fingerprint density at radius 2 is 2.29 bits per heavy atom. The molecule has 2 amide bonds. The summed E-state index contributed by atoms with van der Waals surface area (Å²) in [5.41, 5.74) is 3.43. The van der Waals surface area contributed by atoms with Gasteiger partial charge in [0.25, 0.3) is 5.91 Å². The van der Waals surface area contributed by atoms with Crippen LogP contribution in [-0.4, -0.2) is 27.3 Å². The summed E-state index contributed by atoms with van der Waals surface area (Å²) >= 11 is 0. The quantitative estimate of drug-likeness (QED) is 0.752. The molecule has 1 aromatic heterocycles. The fourth-order valence-electron chi connectivity index (χ4n) is 1.55. The van der Waals surface area contributed by atoms with E-state index in [0.717, 1.165) is 5.69 Å². The summed E-state index contributed by atoms with van der Waals surface area (Å²) in [6.07, 6.45) is 0.644. The molecule has 1 aliphatic rings. The SMILES string of the molecule is Cc1cc(NC(=O)C2=NNC(=O)CC2)n(C)n1. The second-order valence-electron chi connectivity index (χ2n) is 3.84. The minimum absolute atomic E-state index is 0.169. The largest absolute Gasteiger partial charge is 0.306 e. The van der Waals surface area contributed by atoms with Gasteiger partial charge in [0.1, 0.15) is 11.5 Å². The van der Waals surface area contributed by atoms with Gasteiger partial charge in [-0.15, -0.1) is 0 Å². The number of hydrazone groups is 1. The van der Waals surface area contributed by atoms with Gasteiger partial charge in [-0.25, -0.2) is 5.43 Å². The standard InChI is InChI=1S/C10H13N5O2/c1-6-5-8(15(2)14-6)11-10(17)7-3-4-9(16)13-12-7/h5H,3-4H2,1-2H3,(H,11,17)(H,13,16). The highest BCUT2D eigenvalue weighted by Crippen LogP contribution is 2.09. The minimum Gasteiger partial charge on any atom is -0.306 e. The van der Waals surface area contributed by atoms with Crippen molar-refractivity contribution in [3.05, 3.63) is 11.8 Å². The summed E-state index contributed by atoms with van der Waals surface area (Å²) < 4.78 is 1.58. The lowest BCUT2D eigenvalue weighted by Crippen LogP contribution is -2.33. The predicted molar refractivity (Wildman–Crippen MR) is 61.4 cm³/mol. The highest BCUT2D eigenvalue weighted by atomic mass is 16.2. The smallest absolute Gasteiger partial charge is 0.273 e. The molecule has 0 saturated carbocycles. The number of amides is 2. The fraction of sp³-hybridized carbons (Fsp3) is 0.400. The van der Waals surface area contributed by atoms with Gasteiger partial charge in [0.15, 0.2) is 0 Å². The van der Waals surface area contributed by atoms with Crippen LogP contribution in [0.25, 0.3) is 0 Å². The van der Waals surface area contributed by atoms with Crippen molar-refractivity contribution in [2.75, 3.05) is 5.32 Å². The number of nitrogens with zero attached hydrogens (tertiary/aromatic N) is 3. The van der Waals surface area contributed by atoms with Gasteiger partial charge in [0.2, 0.25) is 5.91 Å². The Morgan fingerprint density at radius 3 is 2.82 bits per heavy atom. The Morgan fingerprint density at radius 1 is 1.53 bits per heavy atom. The van der Waals surface area contributed by atoms with Crippen molar-refractivity contribution in [2.24, 2.45) is 12.1 Å². The van der Waals surface area contributed by atoms with Crippen molar-refractivity contribution >= 4 is 23.3 Å². The van der Waals surface area contributed by atoms with Gasteiger partial charge in [0.05, 0.1) is 5.69 Å². The number of aryl methyl sites for hydroxylation is 2. The molecule has 1 aromatic rings. The summed E-state index contributed by atoms with van der Waals surface area (Å²) in [6.45, 7) is 1.84. The molecule has 17 heavy (non-hydrogen) atoms. The Balaban J connectivity index is 2.07. The molecular formula is C10H13N5O2. The normalized spacial score (nSPS) is 15.2. The molecule has 0 radical (unpaired) electrons. The van der Waals surface area contributed by atoms with Crippen molar-refractivity contribution in [1.29, 1.82) is 0 Å². The zero-order valence-electron chi connectivity index (χ0n) is 9.65. The first-order valence-electron chi connectivity index (χ1n) is 5.23. The number of anilines is 1. The molecule has 0 saturated heterocycles. The molecule has 2 rings (SSSR count). The number of carbonyl (C=O) groups is 2. The predicted octanol–water partition coefficient (Wildman–Crippen LogP) is -0.0670. The van der Waals surface area contributed by atoms with E-state index >= 15 is 0 Å². The minimum atomic E-state index is -0.312. The van der Waals surface area contributed by atoms with E-state index in [2.05, 4.69) is 20.9 Å². The zero-order valence-corrected chi connectivity index (χ0v) is 9.65. The maximum atomic E-state index is 11.8. The van der Waals surface area contributed by atoms with Crippen molar-refractivity contribution in [3.8, 4) is 0 Å². The molecular weight excluding hydrogens is 222 g/mol. The number of carbonyl (C=O) groups excluding carboxylic acids is 2. The third-order valence-electron chi connectivity index (χ3n) is 2.41. The van der Waals surface area contributed by atoms with Crippen LogP contribution in [0.2, 0.25) is 0 Å². The van der Waals surface area contributed by atoms with Crippen LogP contribution in [0.15, 0.2) is 11.2 Å². The third-order valence-corrected chi connectivity index (χ3v) is 2.41. The van der Waals surface area contributed by atoms with E-state index in [9.17, 15) is 9.59 Å². The highest BCUT2D eigenvalue weighted by molar-refractivity contribution is 6.43. The van der Waals surface area contributed by atoms with Crippen LogP contribution in [0.5, 0.6) is 0 Å². The summed E-state index contributed by atoms with van der Waals surface area (Å²) in [5, 5.41) is 10.5. The number of aromatic nitrogens is 2. The van der Waals surface area contributed by atoms with Crippen molar-refractivity contribution in [1.82, 2.24) is 15.2 Å². The molecule has 0 aliphatic carbocycles. The summed E-state index contributed by atoms with van der Waals surface area (Å²) in [4.78, 5) is 22.7. The number of rotatable bonds is 2. The molecule has 0 aromatic carbocycles. The molecule has 0 spiro atoms. The molecule has 2 heterocycles. The molecule has 1 aliphatic heterocycles. The van der Waals surface area contributed by atoms with E-state index in [1.54, 1.807) is 17.8 Å². The first-order valence-corrected chi connectivity index (χ1v) is 5.23. The fourth-order valence-corrected chi connectivity index (χ4v) is 1.55. The molecule has 2 N–H and O–H groups in total. The lowest BCUT2D eigenvalue weighted by Gasteiger charge is -2.11. The topological polar surface area (TPSA) is 88.4 Å². The summed E-state index contributed by atoms with van der Waals surface area (Å²) in [5.74, 6) is 0.123. The Kier molecular flexibility index (Phi) is 2.90. The first kappa shape index (κ1) is 11.3. The molecule has 7 nitrogen and oxygen atoms in total. The van der Waals surface area contributed by atoms with Gasteiger partial charge < -0.3 is 5.32 Å². The van der Waals surface area contributed by atoms with Crippen LogP contribution >= 0.6 is 0 Å². The Labute approximate surface area is 97.9 Å².